The smallest absolute Gasteiger partial charge is 0.480 e. The highest BCUT2D eigenvalue weighted by Gasteiger charge is 2.32. The molecule has 7 nitrogen and oxygen atoms in total. The molecule has 0 aliphatic heterocycles. The highest BCUT2D eigenvalue weighted by atomic mass is 19.4. The van der Waals surface area contributed by atoms with Crippen molar-refractivity contribution in [2.24, 2.45) is 0 Å². The summed E-state index contributed by atoms with van der Waals surface area (Å²) in [4.78, 5) is 26.5. The molecule has 0 radical (unpaired) electrons. The Morgan fingerprint density at radius 3 is 2.09 bits per heavy atom. The first-order chi connectivity index (χ1) is 21.3. The lowest BCUT2D eigenvalue weighted by atomic mass is 9.99. The maximum Gasteiger partial charge on any atom is 0.573 e. The summed E-state index contributed by atoms with van der Waals surface area (Å²) in [5.74, 6) is 0.130. The van der Waals surface area contributed by atoms with Crippen LogP contribution in [0.25, 0.3) is 11.6 Å². The normalized spacial score (nSPS) is 11.7. The highest BCUT2D eigenvalue weighted by Crippen LogP contribution is 2.34. The number of aryl methyl sites for hydroxylation is 1. The number of carbonyl (C=O) groups excluding carboxylic acids is 2. The van der Waals surface area contributed by atoms with Gasteiger partial charge in [-0.3, -0.25) is 9.59 Å². The Bertz CT molecular complexity index is 1150. The second-order valence-electron chi connectivity index (χ2n) is 10.7. The van der Waals surface area contributed by atoms with Crippen molar-refractivity contribution in [1.29, 1.82) is 0 Å². The van der Waals surface area contributed by atoms with Crippen LogP contribution in [0.4, 0.5) is 13.2 Å². The number of hydrogen-bond donors (Lipinski definition) is 0. The van der Waals surface area contributed by atoms with Gasteiger partial charge in [-0.25, -0.2) is 0 Å². The van der Waals surface area contributed by atoms with E-state index in [1.807, 2.05) is 0 Å². The van der Waals surface area contributed by atoms with E-state index in [4.69, 9.17) is 9.47 Å². The van der Waals surface area contributed by atoms with E-state index in [0.29, 0.717) is 49.4 Å². The zero-order valence-corrected chi connectivity index (χ0v) is 26.0. The van der Waals surface area contributed by atoms with Crippen molar-refractivity contribution in [1.82, 2.24) is 4.98 Å². The maximum atomic E-state index is 13.2. The van der Waals surface area contributed by atoms with Crippen LogP contribution in [0.15, 0.2) is 30.3 Å². The van der Waals surface area contributed by atoms with Gasteiger partial charge in [0.05, 0.1) is 20.3 Å². The quantitative estimate of drug-likeness (QED) is 0.0657. The number of methoxy groups -OCH3 is 1. The van der Waals surface area contributed by atoms with Crippen molar-refractivity contribution >= 4 is 24.4 Å². The Labute approximate surface area is 259 Å². The minimum absolute atomic E-state index is 0.00215. The number of pyridine rings is 1. The van der Waals surface area contributed by atoms with E-state index in [9.17, 15) is 22.8 Å². The van der Waals surface area contributed by atoms with Crippen LogP contribution in [0.1, 0.15) is 107 Å². The van der Waals surface area contributed by atoms with Gasteiger partial charge in [-0.15, -0.1) is 13.2 Å². The van der Waals surface area contributed by atoms with Gasteiger partial charge in [-0.2, -0.15) is 4.98 Å². The second kappa shape index (κ2) is 21.2. The van der Waals surface area contributed by atoms with E-state index < -0.39 is 12.1 Å². The Balaban J connectivity index is 1.91. The first-order valence-electron chi connectivity index (χ1n) is 15.6. The summed E-state index contributed by atoms with van der Waals surface area (Å²) in [6, 6.07) is 7.85. The number of alkyl halides is 3. The fourth-order valence-electron chi connectivity index (χ4n) is 4.81. The SMILES string of the molecule is CCCCCc1ccc(/C(C=O)=C/c2ccc(OCCCCCCCCCCCCOC=O)nc2OC)c(OC(F)(F)F)c1. The van der Waals surface area contributed by atoms with E-state index in [0.717, 1.165) is 57.8 Å². The molecule has 2 aromatic rings. The second-order valence-corrected chi connectivity index (χ2v) is 10.7. The molecule has 244 valence electrons. The number of unbranched alkanes of at least 4 members (excludes halogenated alkanes) is 11. The minimum atomic E-state index is -4.90. The summed E-state index contributed by atoms with van der Waals surface area (Å²) in [5, 5.41) is 0. The fourth-order valence-corrected chi connectivity index (χ4v) is 4.81. The molecule has 44 heavy (non-hydrogen) atoms. The molecule has 2 rings (SSSR count). The van der Waals surface area contributed by atoms with Crippen molar-refractivity contribution in [2.45, 2.75) is 103 Å². The van der Waals surface area contributed by atoms with Crippen LogP contribution in [0.2, 0.25) is 0 Å². The van der Waals surface area contributed by atoms with E-state index >= 15 is 0 Å². The van der Waals surface area contributed by atoms with Gasteiger partial charge in [0.25, 0.3) is 6.47 Å². The Morgan fingerprint density at radius 1 is 0.841 bits per heavy atom. The van der Waals surface area contributed by atoms with Gasteiger partial charge < -0.3 is 18.9 Å². The summed E-state index contributed by atoms with van der Waals surface area (Å²) in [5.41, 5.74) is 1.15. The van der Waals surface area contributed by atoms with Crippen molar-refractivity contribution < 1.29 is 41.7 Å². The van der Waals surface area contributed by atoms with Gasteiger partial charge in [0, 0.05) is 22.8 Å². The lowest BCUT2D eigenvalue weighted by molar-refractivity contribution is -0.274. The van der Waals surface area contributed by atoms with Crippen LogP contribution in [0.3, 0.4) is 0 Å². The van der Waals surface area contributed by atoms with Crippen LogP contribution in [-0.4, -0.2) is 44.4 Å². The molecule has 0 aliphatic carbocycles. The molecule has 0 unspecified atom stereocenters. The number of rotatable bonds is 24. The predicted octanol–water partition coefficient (Wildman–Crippen LogP) is 8.91. The number of allylic oxidation sites excluding steroid dienone is 1. The van der Waals surface area contributed by atoms with Gasteiger partial charge in [0.15, 0.2) is 6.29 Å². The zero-order chi connectivity index (χ0) is 32.0. The molecule has 0 atom stereocenters. The molecule has 0 N–H and O–H groups in total. The molecule has 0 bridgehead atoms. The average Bonchev–Trinajstić information content (AvgIpc) is 3.00. The Hall–Kier alpha value is -3.56. The lowest BCUT2D eigenvalue weighted by Crippen LogP contribution is -2.18. The third-order valence-electron chi connectivity index (χ3n) is 7.12. The molecule has 0 saturated heterocycles. The maximum absolute atomic E-state index is 13.2. The standard InChI is InChI=1S/C34H46F3NO6/c1-3-4-13-16-27-17-19-30(31(23-27)44-34(35,36)37)29(25-39)24-28-18-20-32(38-33(28)41-2)43-22-15-12-10-8-6-5-7-9-11-14-21-42-26-40/h17-20,23-26H,3-16,21-22H2,1-2H3/b29-24+. The molecule has 0 amide bonds. The Kier molecular flexibility index (Phi) is 17.6. The molecule has 0 saturated carbocycles. The van der Waals surface area contributed by atoms with Gasteiger partial charge in [0.1, 0.15) is 5.75 Å². The summed E-state index contributed by atoms with van der Waals surface area (Å²) >= 11 is 0. The predicted molar refractivity (Wildman–Crippen MR) is 165 cm³/mol. The number of nitrogens with zero attached hydrogens (tertiary/aromatic N) is 1. The van der Waals surface area contributed by atoms with Crippen molar-refractivity contribution in [2.75, 3.05) is 20.3 Å². The van der Waals surface area contributed by atoms with Gasteiger partial charge in [0.2, 0.25) is 11.8 Å². The minimum Gasteiger partial charge on any atom is -0.480 e. The number of benzene rings is 1. The van der Waals surface area contributed by atoms with Crippen LogP contribution in [-0.2, 0) is 20.7 Å². The monoisotopic (exact) mass is 621 g/mol. The Morgan fingerprint density at radius 2 is 1.50 bits per heavy atom. The number of ether oxygens (including phenoxy) is 4. The molecule has 0 spiro atoms. The number of halogens is 3. The lowest BCUT2D eigenvalue weighted by Gasteiger charge is -2.15. The molecular weight excluding hydrogens is 575 g/mol. The molecular formula is C34H46F3NO6. The van der Waals surface area contributed by atoms with Crippen molar-refractivity contribution in [3.63, 3.8) is 0 Å². The van der Waals surface area contributed by atoms with Gasteiger partial charge >= 0.3 is 6.36 Å². The van der Waals surface area contributed by atoms with E-state index in [1.165, 1.54) is 51.0 Å². The van der Waals surface area contributed by atoms with Crippen molar-refractivity contribution in [3.05, 3.63) is 47.0 Å². The number of aromatic nitrogens is 1. The van der Waals surface area contributed by atoms with Crippen LogP contribution >= 0.6 is 0 Å². The number of hydrogen-bond acceptors (Lipinski definition) is 7. The molecule has 0 aliphatic rings. The molecule has 1 aromatic carbocycles. The molecule has 10 heteroatoms. The topological polar surface area (TPSA) is 84.0 Å². The van der Waals surface area contributed by atoms with E-state index in [-0.39, 0.29) is 17.0 Å². The number of carbonyl (C=O) groups is 2. The summed E-state index contributed by atoms with van der Waals surface area (Å²) in [7, 11) is 1.43. The third-order valence-corrected chi connectivity index (χ3v) is 7.12. The van der Waals surface area contributed by atoms with E-state index in [1.54, 1.807) is 18.2 Å². The molecule has 1 heterocycles. The first-order valence-corrected chi connectivity index (χ1v) is 15.6. The first kappa shape index (κ1) is 36.6. The van der Waals surface area contributed by atoms with Gasteiger partial charge in [-0.1, -0.05) is 83.3 Å². The zero-order valence-electron chi connectivity index (χ0n) is 26.0. The molecule has 0 fully saturated rings. The summed E-state index contributed by atoms with van der Waals surface area (Å²) in [6.07, 6.45) is 11.5. The van der Waals surface area contributed by atoms with Crippen LogP contribution < -0.4 is 14.2 Å². The van der Waals surface area contributed by atoms with Crippen molar-refractivity contribution in [3.8, 4) is 17.5 Å². The summed E-state index contributed by atoms with van der Waals surface area (Å²) in [6.45, 7) is 3.55. The van der Waals surface area contributed by atoms with Gasteiger partial charge in [-0.05, 0) is 49.5 Å². The fraction of sp³-hybridized carbons (Fsp3) is 0.559. The van der Waals surface area contributed by atoms with E-state index in [2.05, 4.69) is 21.4 Å². The van der Waals surface area contributed by atoms with Crippen LogP contribution in [0, 0.1) is 0 Å². The molecule has 1 aromatic heterocycles. The highest BCUT2D eigenvalue weighted by molar-refractivity contribution is 6.14. The number of aldehydes is 1. The average molecular weight is 622 g/mol. The largest absolute Gasteiger partial charge is 0.573 e. The summed E-state index contributed by atoms with van der Waals surface area (Å²) < 4.78 is 59.8. The third kappa shape index (κ3) is 14.8. The van der Waals surface area contributed by atoms with Crippen LogP contribution in [0.5, 0.6) is 17.5 Å².